The third-order valence-electron chi connectivity index (χ3n) is 4.20. The lowest BCUT2D eigenvalue weighted by Crippen LogP contribution is -2.16. The van der Waals surface area contributed by atoms with Crippen molar-refractivity contribution in [3.8, 4) is 5.82 Å². The van der Waals surface area contributed by atoms with Crippen LogP contribution in [-0.2, 0) is 16.0 Å². The largest absolute Gasteiger partial charge is 0.457 e. The third kappa shape index (κ3) is 4.28. The number of hydrogen-bond acceptors (Lipinski definition) is 5. The topological polar surface area (TPSA) is 74.3 Å². The van der Waals surface area contributed by atoms with Crippen LogP contribution in [0.2, 0.25) is 5.02 Å². The summed E-state index contributed by atoms with van der Waals surface area (Å²) in [7, 11) is 0. The van der Waals surface area contributed by atoms with E-state index >= 15 is 0 Å². The summed E-state index contributed by atoms with van der Waals surface area (Å²) in [5.74, 6) is 0.563. The molecule has 0 spiro atoms. The molecule has 0 aliphatic rings. The first kappa shape index (κ1) is 18.9. The normalized spacial score (nSPS) is 10.8. The molecule has 3 rings (SSSR count). The standard InChI is InChI=1S/C20H19ClN2O4/c1-12-8-17(14(3)23(12)19-9-13(2)27-22-19)18(24)11-26-20(25)10-15-4-6-16(21)7-5-15/h4-9H,10-11H2,1-3H3. The molecule has 0 atom stereocenters. The summed E-state index contributed by atoms with van der Waals surface area (Å²) in [5.41, 5.74) is 2.83. The molecule has 27 heavy (non-hydrogen) atoms. The maximum Gasteiger partial charge on any atom is 0.310 e. The molecule has 2 heterocycles. The van der Waals surface area contributed by atoms with Crippen LogP contribution in [0, 0.1) is 20.8 Å². The molecule has 0 unspecified atom stereocenters. The van der Waals surface area contributed by atoms with Gasteiger partial charge in [0.2, 0.25) is 5.78 Å². The Balaban J connectivity index is 1.66. The average molecular weight is 387 g/mol. The monoisotopic (exact) mass is 386 g/mol. The van der Waals surface area contributed by atoms with Crippen LogP contribution < -0.4 is 0 Å². The van der Waals surface area contributed by atoms with Gasteiger partial charge in [0, 0.05) is 28.0 Å². The van der Waals surface area contributed by atoms with E-state index in [-0.39, 0.29) is 18.8 Å². The summed E-state index contributed by atoms with van der Waals surface area (Å²) in [5, 5.41) is 4.59. The minimum absolute atomic E-state index is 0.0850. The van der Waals surface area contributed by atoms with Crippen molar-refractivity contribution in [3.63, 3.8) is 0 Å². The number of ketones is 1. The molecular formula is C20H19ClN2O4. The molecule has 0 saturated heterocycles. The van der Waals surface area contributed by atoms with E-state index in [9.17, 15) is 9.59 Å². The molecule has 0 aliphatic heterocycles. The number of carbonyl (C=O) groups is 2. The molecular weight excluding hydrogens is 368 g/mol. The predicted molar refractivity (Wildman–Crippen MR) is 100 cm³/mol. The molecule has 7 heteroatoms. The van der Waals surface area contributed by atoms with Crippen LogP contribution in [0.25, 0.3) is 5.82 Å². The van der Waals surface area contributed by atoms with Crippen molar-refractivity contribution in [1.29, 1.82) is 0 Å². The number of carbonyl (C=O) groups excluding carboxylic acids is 2. The second kappa shape index (κ2) is 7.80. The number of rotatable bonds is 6. The number of benzene rings is 1. The Kier molecular flexibility index (Phi) is 5.46. The zero-order valence-electron chi connectivity index (χ0n) is 15.3. The maximum atomic E-state index is 12.5. The summed E-state index contributed by atoms with van der Waals surface area (Å²) in [6.07, 6.45) is 0.0850. The predicted octanol–water partition coefficient (Wildman–Crippen LogP) is 4.01. The molecule has 6 nitrogen and oxygen atoms in total. The van der Waals surface area contributed by atoms with Crippen LogP contribution >= 0.6 is 11.6 Å². The van der Waals surface area contributed by atoms with Crippen LogP contribution in [0.4, 0.5) is 0 Å². The number of Topliss-reactive ketones (excluding diaryl/α,β-unsaturated/α-hetero) is 1. The Morgan fingerprint density at radius 3 is 2.48 bits per heavy atom. The van der Waals surface area contributed by atoms with E-state index in [2.05, 4.69) is 5.16 Å². The molecule has 0 saturated carbocycles. The Hall–Kier alpha value is -2.86. The second-order valence-electron chi connectivity index (χ2n) is 6.30. The van der Waals surface area contributed by atoms with Crippen LogP contribution in [0.5, 0.6) is 0 Å². The average Bonchev–Trinajstić information content (AvgIpc) is 3.17. The van der Waals surface area contributed by atoms with Gasteiger partial charge in [-0.3, -0.25) is 14.2 Å². The van der Waals surface area contributed by atoms with Crippen LogP contribution in [0.1, 0.15) is 33.1 Å². The van der Waals surface area contributed by atoms with Crippen molar-refractivity contribution >= 4 is 23.4 Å². The molecule has 0 N–H and O–H groups in total. The van der Waals surface area contributed by atoms with Gasteiger partial charge in [-0.15, -0.1) is 0 Å². The fourth-order valence-corrected chi connectivity index (χ4v) is 3.03. The SMILES string of the molecule is Cc1cc(-n2c(C)cc(C(=O)COC(=O)Cc3ccc(Cl)cc3)c2C)no1. The lowest BCUT2D eigenvalue weighted by Gasteiger charge is -2.06. The number of nitrogens with zero attached hydrogens (tertiary/aromatic N) is 2. The molecule has 0 radical (unpaired) electrons. The molecule has 0 fully saturated rings. The summed E-state index contributed by atoms with van der Waals surface area (Å²) in [6.45, 7) is 5.19. The van der Waals surface area contributed by atoms with Gasteiger partial charge in [0.25, 0.3) is 0 Å². The molecule has 0 bridgehead atoms. The number of aromatic nitrogens is 2. The van der Waals surface area contributed by atoms with Crippen molar-refractivity contribution in [2.75, 3.05) is 6.61 Å². The van der Waals surface area contributed by atoms with Gasteiger partial charge in [-0.05, 0) is 44.5 Å². The van der Waals surface area contributed by atoms with Gasteiger partial charge in [-0.25, -0.2) is 0 Å². The van der Waals surface area contributed by atoms with E-state index in [1.165, 1.54) is 0 Å². The van der Waals surface area contributed by atoms with E-state index in [0.29, 0.717) is 22.2 Å². The van der Waals surface area contributed by atoms with Gasteiger partial charge >= 0.3 is 5.97 Å². The first-order chi connectivity index (χ1) is 12.8. The smallest absolute Gasteiger partial charge is 0.310 e. The molecule has 140 valence electrons. The van der Waals surface area contributed by atoms with E-state index < -0.39 is 5.97 Å². The van der Waals surface area contributed by atoms with E-state index in [0.717, 1.165) is 17.0 Å². The van der Waals surface area contributed by atoms with Crippen molar-refractivity contribution < 1.29 is 18.8 Å². The van der Waals surface area contributed by atoms with Crippen molar-refractivity contribution in [3.05, 3.63) is 69.7 Å². The minimum Gasteiger partial charge on any atom is -0.457 e. The third-order valence-corrected chi connectivity index (χ3v) is 4.45. The van der Waals surface area contributed by atoms with Crippen molar-refractivity contribution in [1.82, 2.24) is 9.72 Å². The highest BCUT2D eigenvalue weighted by molar-refractivity contribution is 6.30. The van der Waals surface area contributed by atoms with Crippen molar-refractivity contribution in [2.45, 2.75) is 27.2 Å². The number of halogens is 1. The van der Waals surface area contributed by atoms with Crippen LogP contribution in [0.3, 0.4) is 0 Å². The number of aryl methyl sites for hydroxylation is 2. The number of esters is 1. The zero-order chi connectivity index (χ0) is 19.6. The zero-order valence-corrected chi connectivity index (χ0v) is 16.0. The fraction of sp³-hybridized carbons (Fsp3) is 0.250. The quantitative estimate of drug-likeness (QED) is 0.472. The summed E-state index contributed by atoms with van der Waals surface area (Å²) >= 11 is 5.82. The molecule has 1 aromatic carbocycles. The van der Waals surface area contributed by atoms with Gasteiger partial charge in [-0.1, -0.05) is 28.9 Å². The second-order valence-corrected chi connectivity index (χ2v) is 6.74. The minimum atomic E-state index is -0.466. The fourth-order valence-electron chi connectivity index (χ4n) is 2.90. The highest BCUT2D eigenvalue weighted by Crippen LogP contribution is 2.21. The van der Waals surface area contributed by atoms with E-state index in [1.807, 2.05) is 18.4 Å². The lowest BCUT2D eigenvalue weighted by atomic mass is 10.1. The Labute approximate surface area is 161 Å². The van der Waals surface area contributed by atoms with E-state index in [1.54, 1.807) is 43.3 Å². The summed E-state index contributed by atoms with van der Waals surface area (Å²) < 4.78 is 12.1. The molecule has 0 amide bonds. The lowest BCUT2D eigenvalue weighted by molar-refractivity contribution is -0.141. The highest BCUT2D eigenvalue weighted by Gasteiger charge is 2.19. The molecule has 0 aliphatic carbocycles. The van der Waals surface area contributed by atoms with Crippen molar-refractivity contribution in [2.24, 2.45) is 0 Å². The van der Waals surface area contributed by atoms with Crippen LogP contribution in [0.15, 0.2) is 40.9 Å². The first-order valence-electron chi connectivity index (χ1n) is 8.41. The number of ether oxygens (including phenoxy) is 1. The summed E-state index contributed by atoms with van der Waals surface area (Å²) in [4.78, 5) is 24.5. The molecule has 3 aromatic rings. The van der Waals surface area contributed by atoms with Crippen LogP contribution in [-0.4, -0.2) is 28.1 Å². The van der Waals surface area contributed by atoms with Gasteiger partial charge in [0.1, 0.15) is 5.76 Å². The number of hydrogen-bond donors (Lipinski definition) is 0. The van der Waals surface area contributed by atoms with Gasteiger partial charge in [0.15, 0.2) is 12.4 Å². The Bertz CT molecular complexity index is 986. The van der Waals surface area contributed by atoms with Gasteiger partial charge < -0.3 is 9.26 Å². The van der Waals surface area contributed by atoms with Gasteiger partial charge in [0.05, 0.1) is 6.42 Å². The summed E-state index contributed by atoms with van der Waals surface area (Å²) in [6, 6.07) is 10.5. The highest BCUT2D eigenvalue weighted by atomic mass is 35.5. The van der Waals surface area contributed by atoms with E-state index in [4.69, 9.17) is 20.9 Å². The van der Waals surface area contributed by atoms with Gasteiger partial charge in [-0.2, -0.15) is 0 Å². The molecule has 2 aromatic heterocycles. The Morgan fingerprint density at radius 2 is 1.85 bits per heavy atom. The first-order valence-corrected chi connectivity index (χ1v) is 8.79. The maximum absolute atomic E-state index is 12.5. The Morgan fingerprint density at radius 1 is 1.15 bits per heavy atom.